The Morgan fingerprint density at radius 2 is 2.14 bits per heavy atom. The lowest BCUT2D eigenvalue weighted by molar-refractivity contribution is -0.122. The van der Waals surface area contributed by atoms with E-state index in [-0.39, 0.29) is 12.5 Å². The molecule has 6 heteroatoms. The third kappa shape index (κ3) is 3.69. The van der Waals surface area contributed by atoms with E-state index in [2.05, 4.69) is 20.5 Å². The van der Waals surface area contributed by atoms with Gasteiger partial charge in [0.2, 0.25) is 17.7 Å². The van der Waals surface area contributed by atoms with Crippen LogP contribution in [-0.4, -0.2) is 21.1 Å². The Kier molecular flexibility index (Phi) is 4.46. The normalized spacial score (nSPS) is 15.1. The van der Waals surface area contributed by atoms with Crippen LogP contribution in [0.3, 0.4) is 0 Å². The van der Waals surface area contributed by atoms with E-state index in [1.807, 2.05) is 19.1 Å². The van der Waals surface area contributed by atoms with E-state index in [4.69, 9.17) is 4.42 Å². The smallest absolute Gasteiger partial charge is 0.249 e. The maximum atomic E-state index is 11.9. The Labute approximate surface area is 129 Å². The van der Waals surface area contributed by atoms with E-state index in [1.165, 1.54) is 25.7 Å². The summed E-state index contributed by atoms with van der Waals surface area (Å²) in [4.78, 5) is 16.1. The van der Waals surface area contributed by atoms with E-state index in [9.17, 15) is 4.79 Å². The molecule has 0 spiro atoms. The number of nitrogens with one attached hydrogen (secondary N) is 1. The zero-order valence-electron chi connectivity index (χ0n) is 12.7. The largest absolute Gasteiger partial charge is 0.419 e. The van der Waals surface area contributed by atoms with Gasteiger partial charge in [0, 0.05) is 18.3 Å². The fourth-order valence-corrected chi connectivity index (χ4v) is 2.76. The molecule has 1 amide bonds. The number of amides is 1. The van der Waals surface area contributed by atoms with E-state index in [1.54, 1.807) is 6.20 Å². The highest BCUT2D eigenvalue weighted by atomic mass is 16.4. The monoisotopic (exact) mass is 300 g/mol. The maximum Gasteiger partial charge on any atom is 0.249 e. The molecular weight excluding hydrogens is 280 g/mol. The van der Waals surface area contributed by atoms with Gasteiger partial charge in [-0.2, -0.15) is 0 Å². The van der Waals surface area contributed by atoms with Crippen molar-refractivity contribution in [3.8, 4) is 11.5 Å². The van der Waals surface area contributed by atoms with Gasteiger partial charge in [-0.15, -0.1) is 10.2 Å². The molecule has 1 N–H and O–H groups in total. The first-order chi connectivity index (χ1) is 10.7. The number of hydrogen-bond acceptors (Lipinski definition) is 5. The molecule has 1 aliphatic carbocycles. The number of aryl methyl sites for hydroxylation is 1. The summed E-state index contributed by atoms with van der Waals surface area (Å²) >= 11 is 0. The third-order valence-corrected chi connectivity index (χ3v) is 4.01. The quantitative estimate of drug-likeness (QED) is 0.918. The first kappa shape index (κ1) is 14.7. The van der Waals surface area contributed by atoms with Crippen molar-refractivity contribution < 1.29 is 9.21 Å². The molecule has 2 heterocycles. The highest BCUT2D eigenvalue weighted by Gasteiger charge is 2.18. The predicted octanol–water partition coefficient (Wildman–Crippen LogP) is 2.64. The first-order valence-corrected chi connectivity index (χ1v) is 7.73. The van der Waals surface area contributed by atoms with Gasteiger partial charge in [0.05, 0.1) is 12.1 Å². The van der Waals surface area contributed by atoms with Crippen molar-refractivity contribution in [2.75, 3.05) is 0 Å². The second-order valence-corrected chi connectivity index (χ2v) is 5.82. The number of nitrogens with zero attached hydrogens (tertiary/aromatic N) is 3. The summed E-state index contributed by atoms with van der Waals surface area (Å²) in [6.45, 7) is 2.20. The minimum Gasteiger partial charge on any atom is -0.419 e. The molecule has 116 valence electrons. The highest BCUT2D eigenvalue weighted by Crippen LogP contribution is 2.27. The zero-order valence-corrected chi connectivity index (χ0v) is 12.7. The lowest BCUT2D eigenvalue weighted by Crippen LogP contribution is -2.24. The van der Waals surface area contributed by atoms with Gasteiger partial charge in [-0.05, 0) is 37.8 Å². The van der Waals surface area contributed by atoms with Crippen molar-refractivity contribution in [2.24, 2.45) is 5.92 Å². The van der Waals surface area contributed by atoms with Gasteiger partial charge in [-0.3, -0.25) is 9.78 Å². The van der Waals surface area contributed by atoms with Gasteiger partial charge in [0.1, 0.15) is 0 Å². The van der Waals surface area contributed by atoms with E-state index in [0.717, 1.165) is 11.3 Å². The number of carbonyl (C=O) groups is 1. The number of pyridine rings is 1. The van der Waals surface area contributed by atoms with Crippen molar-refractivity contribution in [3.05, 3.63) is 29.9 Å². The molecule has 22 heavy (non-hydrogen) atoms. The highest BCUT2D eigenvalue weighted by molar-refractivity contribution is 5.76. The molecule has 3 rings (SSSR count). The SMILES string of the molecule is Cc1ccc(-c2nnc(CNC(=O)CC3CCCC3)o2)cn1. The van der Waals surface area contributed by atoms with E-state index in [0.29, 0.717) is 24.1 Å². The molecule has 1 fully saturated rings. The van der Waals surface area contributed by atoms with Crippen molar-refractivity contribution in [2.45, 2.75) is 45.6 Å². The Balaban J connectivity index is 1.53. The molecular formula is C16H20N4O2. The van der Waals surface area contributed by atoms with Crippen LogP contribution in [0.4, 0.5) is 0 Å². The Morgan fingerprint density at radius 3 is 2.86 bits per heavy atom. The summed E-state index contributed by atoms with van der Waals surface area (Å²) in [6, 6.07) is 3.78. The van der Waals surface area contributed by atoms with Crippen LogP contribution in [0.25, 0.3) is 11.5 Å². The maximum absolute atomic E-state index is 11.9. The lowest BCUT2D eigenvalue weighted by Gasteiger charge is -2.07. The van der Waals surface area contributed by atoms with Crippen LogP contribution >= 0.6 is 0 Å². The molecule has 0 radical (unpaired) electrons. The molecule has 1 aliphatic rings. The van der Waals surface area contributed by atoms with Gasteiger partial charge in [-0.1, -0.05) is 12.8 Å². The van der Waals surface area contributed by atoms with Crippen LogP contribution < -0.4 is 5.32 Å². The van der Waals surface area contributed by atoms with Crippen LogP contribution in [-0.2, 0) is 11.3 Å². The van der Waals surface area contributed by atoms with Crippen LogP contribution in [0.15, 0.2) is 22.7 Å². The van der Waals surface area contributed by atoms with Crippen molar-refractivity contribution in [3.63, 3.8) is 0 Å². The van der Waals surface area contributed by atoms with Crippen LogP contribution in [0.1, 0.15) is 43.7 Å². The van der Waals surface area contributed by atoms with E-state index >= 15 is 0 Å². The summed E-state index contributed by atoms with van der Waals surface area (Å²) in [5.41, 5.74) is 1.71. The van der Waals surface area contributed by atoms with Crippen LogP contribution in [0.2, 0.25) is 0 Å². The second kappa shape index (κ2) is 6.68. The summed E-state index contributed by atoms with van der Waals surface area (Å²) in [5, 5.41) is 10.8. The fourth-order valence-electron chi connectivity index (χ4n) is 2.76. The molecule has 2 aromatic heterocycles. The topological polar surface area (TPSA) is 80.9 Å². The minimum atomic E-state index is 0.0589. The van der Waals surface area contributed by atoms with Crippen molar-refractivity contribution in [1.82, 2.24) is 20.5 Å². The van der Waals surface area contributed by atoms with Crippen LogP contribution in [0.5, 0.6) is 0 Å². The van der Waals surface area contributed by atoms with Crippen molar-refractivity contribution in [1.29, 1.82) is 0 Å². The number of aromatic nitrogens is 3. The average Bonchev–Trinajstić information content (AvgIpc) is 3.17. The fraction of sp³-hybridized carbons (Fsp3) is 0.500. The van der Waals surface area contributed by atoms with E-state index < -0.39 is 0 Å². The summed E-state index contributed by atoms with van der Waals surface area (Å²) < 4.78 is 5.55. The summed E-state index contributed by atoms with van der Waals surface area (Å²) in [7, 11) is 0. The van der Waals surface area contributed by atoms with Gasteiger partial charge in [0.25, 0.3) is 0 Å². The molecule has 6 nitrogen and oxygen atoms in total. The molecule has 0 bridgehead atoms. The molecule has 0 atom stereocenters. The standard InChI is InChI=1S/C16H20N4O2/c1-11-6-7-13(9-17-11)16-20-19-15(22-16)10-18-14(21)8-12-4-2-3-5-12/h6-7,9,12H,2-5,8,10H2,1H3,(H,18,21). The van der Waals surface area contributed by atoms with Gasteiger partial charge in [0.15, 0.2) is 0 Å². The minimum absolute atomic E-state index is 0.0589. The number of hydrogen-bond donors (Lipinski definition) is 1. The molecule has 0 aliphatic heterocycles. The number of carbonyl (C=O) groups excluding carboxylic acids is 1. The summed E-state index contributed by atoms with van der Waals surface area (Å²) in [5.74, 6) is 1.43. The lowest BCUT2D eigenvalue weighted by atomic mass is 10.0. The molecule has 0 unspecified atom stereocenters. The summed E-state index contributed by atoms with van der Waals surface area (Å²) in [6.07, 6.45) is 7.12. The van der Waals surface area contributed by atoms with Gasteiger partial charge >= 0.3 is 0 Å². The average molecular weight is 300 g/mol. The zero-order chi connectivity index (χ0) is 15.4. The first-order valence-electron chi connectivity index (χ1n) is 7.73. The Bertz CT molecular complexity index is 630. The van der Waals surface area contributed by atoms with Gasteiger partial charge < -0.3 is 9.73 Å². The Hall–Kier alpha value is -2.24. The third-order valence-electron chi connectivity index (χ3n) is 4.01. The molecule has 1 saturated carbocycles. The van der Waals surface area contributed by atoms with Crippen molar-refractivity contribution >= 4 is 5.91 Å². The predicted molar refractivity (Wildman–Crippen MR) is 80.7 cm³/mol. The molecule has 2 aromatic rings. The second-order valence-electron chi connectivity index (χ2n) is 5.82. The number of rotatable bonds is 5. The molecule has 0 saturated heterocycles. The van der Waals surface area contributed by atoms with Crippen LogP contribution in [0, 0.1) is 12.8 Å². The van der Waals surface area contributed by atoms with Gasteiger partial charge in [-0.25, -0.2) is 0 Å². The molecule has 0 aromatic carbocycles. The Morgan fingerprint density at radius 1 is 1.32 bits per heavy atom.